The minimum absolute atomic E-state index is 0.0233. The number of anilines is 1. The van der Waals surface area contributed by atoms with Gasteiger partial charge in [0.15, 0.2) is 17.3 Å². The molecule has 0 radical (unpaired) electrons. The van der Waals surface area contributed by atoms with Gasteiger partial charge in [-0.25, -0.2) is 0 Å². The number of allylic oxidation sites excluding steroid dienone is 3. The van der Waals surface area contributed by atoms with Crippen molar-refractivity contribution in [2.75, 3.05) is 26.6 Å². The molecule has 0 saturated carbocycles. The van der Waals surface area contributed by atoms with E-state index in [0.29, 0.717) is 46.9 Å². The monoisotopic (exact) mass is 538 g/mol. The van der Waals surface area contributed by atoms with E-state index in [4.69, 9.17) is 14.2 Å². The molecule has 40 heavy (non-hydrogen) atoms. The molecule has 3 aromatic carbocycles. The Labute approximate surface area is 234 Å². The number of methoxy groups -OCH3 is 3. The van der Waals surface area contributed by atoms with Crippen LogP contribution >= 0.6 is 0 Å². The normalized spacial score (nSPS) is 18.6. The SMILES string of the molecule is COc1ccccc1NC(=O)C1=C(C)NC2=C(C(=O)C[C@H](c3ccc(OC)c(OC)c3)C2)[C@@H]1c1cccc(C)c1. The number of aryl methyl sites for hydroxylation is 1. The van der Waals surface area contributed by atoms with Gasteiger partial charge >= 0.3 is 0 Å². The molecule has 0 aromatic heterocycles. The van der Waals surface area contributed by atoms with Crippen LogP contribution in [0.3, 0.4) is 0 Å². The molecule has 0 spiro atoms. The molecule has 2 N–H and O–H groups in total. The van der Waals surface area contributed by atoms with Gasteiger partial charge in [0, 0.05) is 34.9 Å². The number of amides is 1. The van der Waals surface area contributed by atoms with Crippen molar-refractivity contribution in [1.29, 1.82) is 0 Å². The van der Waals surface area contributed by atoms with Crippen molar-refractivity contribution < 1.29 is 23.8 Å². The smallest absolute Gasteiger partial charge is 0.254 e. The van der Waals surface area contributed by atoms with Gasteiger partial charge < -0.3 is 24.8 Å². The molecule has 0 bridgehead atoms. The first-order valence-corrected chi connectivity index (χ1v) is 13.3. The van der Waals surface area contributed by atoms with Gasteiger partial charge in [0.1, 0.15) is 5.75 Å². The zero-order chi connectivity index (χ0) is 28.4. The van der Waals surface area contributed by atoms with Gasteiger partial charge in [-0.15, -0.1) is 0 Å². The van der Waals surface area contributed by atoms with Crippen LogP contribution in [0.1, 0.15) is 48.3 Å². The van der Waals surface area contributed by atoms with E-state index in [1.807, 2.05) is 62.4 Å². The summed E-state index contributed by atoms with van der Waals surface area (Å²) >= 11 is 0. The first-order chi connectivity index (χ1) is 19.3. The van der Waals surface area contributed by atoms with Gasteiger partial charge in [-0.05, 0) is 61.6 Å². The van der Waals surface area contributed by atoms with Gasteiger partial charge in [0.05, 0.1) is 27.0 Å². The van der Waals surface area contributed by atoms with Crippen LogP contribution in [0, 0.1) is 6.92 Å². The Bertz CT molecular complexity index is 1540. The predicted molar refractivity (Wildman–Crippen MR) is 155 cm³/mol. The molecule has 3 aromatic rings. The van der Waals surface area contributed by atoms with Crippen LogP contribution in [0.5, 0.6) is 17.2 Å². The van der Waals surface area contributed by atoms with E-state index in [1.54, 1.807) is 33.5 Å². The number of hydrogen-bond donors (Lipinski definition) is 2. The van der Waals surface area contributed by atoms with Crippen LogP contribution in [-0.2, 0) is 9.59 Å². The summed E-state index contributed by atoms with van der Waals surface area (Å²) in [5, 5.41) is 6.47. The molecule has 1 amide bonds. The van der Waals surface area contributed by atoms with Crippen LogP contribution in [-0.4, -0.2) is 33.0 Å². The molecule has 1 aliphatic heterocycles. The van der Waals surface area contributed by atoms with E-state index in [1.165, 1.54) is 0 Å². The zero-order valence-corrected chi connectivity index (χ0v) is 23.5. The number of rotatable bonds is 7. The Kier molecular flexibility index (Phi) is 7.65. The lowest BCUT2D eigenvalue weighted by Gasteiger charge is -2.37. The fourth-order valence-corrected chi connectivity index (χ4v) is 5.80. The van der Waals surface area contributed by atoms with Gasteiger partial charge in [0.2, 0.25) is 0 Å². The molecule has 1 aliphatic carbocycles. The highest BCUT2D eigenvalue weighted by atomic mass is 16.5. The fourth-order valence-electron chi connectivity index (χ4n) is 5.80. The molecule has 0 fully saturated rings. The van der Waals surface area contributed by atoms with Gasteiger partial charge in [-0.3, -0.25) is 9.59 Å². The van der Waals surface area contributed by atoms with Crippen molar-refractivity contribution in [2.24, 2.45) is 0 Å². The maximum Gasteiger partial charge on any atom is 0.254 e. The first kappa shape index (κ1) is 27.1. The van der Waals surface area contributed by atoms with Gasteiger partial charge in [-0.2, -0.15) is 0 Å². The summed E-state index contributed by atoms with van der Waals surface area (Å²) in [4.78, 5) is 27.9. The van der Waals surface area contributed by atoms with E-state index in [0.717, 1.165) is 28.1 Å². The van der Waals surface area contributed by atoms with E-state index in [-0.39, 0.29) is 17.6 Å². The second-order valence-electron chi connectivity index (χ2n) is 10.2. The molecule has 7 nitrogen and oxygen atoms in total. The van der Waals surface area contributed by atoms with E-state index < -0.39 is 5.92 Å². The number of para-hydroxylation sites is 2. The van der Waals surface area contributed by atoms with Crippen LogP contribution in [0.4, 0.5) is 5.69 Å². The second kappa shape index (κ2) is 11.3. The standard InChI is InChI=1S/C33H34N2O5/c1-19-9-8-10-22(15-19)31-30(33(37)35-24-11-6-7-12-27(24)38-3)20(2)34-25-16-23(17-26(36)32(25)31)21-13-14-28(39-4)29(18-21)40-5/h6-15,18,23,31,34H,16-17H2,1-5H3,(H,35,37)/t23-,31-/m1/s1. The summed E-state index contributed by atoms with van der Waals surface area (Å²) in [6.45, 7) is 3.91. The lowest BCUT2D eigenvalue weighted by molar-refractivity contribution is -0.116. The number of ketones is 1. The van der Waals surface area contributed by atoms with Crippen molar-refractivity contribution in [1.82, 2.24) is 5.32 Å². The highest BCUT2D eigenvalue weighted by Crippen LogP contribution is 2.46. The van der Waals surface area contributed by atoms with E-state index >= 15 is 0 Å². The van der Waals surface area contributed by atoms with E-state index in [9.17, 15) is 9.59 Å². The van der Waals surface area contributed by atoms with Crippen LogP contribution in [0.15, 0.2) is 89.3 Å². The number of ether oxygens (including phenoxy) is 3. The maximum absolute atomic E-state index is 14.0. The first-order valence-electron chi connectivity index (χ1n) is 13.3. The highest BCUT2D eigenvalue weighted by molar-refractivity contribution is 6.10. The van der Waals surface area contributed by atoms with Gasteiger partial charge in [0.25, 0.3) is 5.91 Å². The fraction of sp³-hybridized carbons (Fsp3) is 0.273. The molecule has 7 heteroatoms. The Morgan fingerprint density at radius 1 is 0.825 bits per heavy atom. The lowest BCUT2D eigenvalue weighted by Crippen LogP contribution is -2.37. The maximum atomic E-state index is 14.0. The molecular weight excluding hydrogens is 504 g/mol. The van der Waals surface area contributed by atoms with Crippen molar-refractivity contribution in [2.45, 2.75) is 38.5 Å². The predicted octanol–water partition coefficient (Wildman–Crippen LogP) is 6.02. The summed E-state index contributed by atoms with van der Waals surface area (Å²) in [6.07, 6.45) is 0.969. The average Bonchev–Trinajstić information content (AvgIpc) is 2.96. The summed E-state index contributed by atoms with van der Waals surface area (Å²) in [6, 6.07) is 21.1. The number of Topliss-reactive ketones (excluding diaryl/α,β-unsaturated/α-hetero) is 1. The molecule has 1 heterocycles. The summed E-state index contributed by atoms with van der Waals surface area (Å²) in [5.74, 6) is 1.06. The topological polar surface area (TPSA) is 85.9 Å². The average molecular weight is 539 g/mol. The number of carbonyl (C=O) groups is 2. The minimum atomic E-state index is -0.496. The van der Waals surface area contributed by atoms with Crippen LogP contribution in [0.25, 0.3) is 0 Å². The van der Waals surface area contributed by atoms with Crippen LogP contribution in [0.2, 0.25) is 0 Å². The third-order valence-electron chi connectivity index (χ3n) is 7.68. The quantitative estimate of drug-likeness (QED) is 0.383. The Hall–Kier alpha value is -4.52. The third kappa shape index (κ3) is 5.07. The number of hydrogen-bond acceptors (Lipinski definition) is 6. The molecule has 206 valence electrons. The molecular formula is C33H34N2O5. The van der Waals surface area contributed by atoms with Crippen molar-refractivity contribution in [3.05, 3.63) is 106 Å². The minimum Gasteiger partial charge on any atom is -0.495 e. The third-order valence-corrected chi connectivity index (χ3v) is 7.68. The molecule has 2 atom stereocenters. The Morgan fingerprint density at radius 2 is 1.57 bits per heavy atom. The number of carbonyl (C=O) groups excluding carboxylic acids is 2. The van der Waals surface area contributed by atoms with Crippen LogP contribution < -0.4 is 24.8 Å². The van der Waals surface area contributed by atoms with Crippen molar-refractivity contribution in [3.63, 3.8) is 0 Å². The summed E-state index contributed by atoms with van der Waals surface area (Å²) < 4.78 is 16.4. The van der Waals surface area contributed by atoms with Crippen molar-refractivity contribution in [3.8, 4) is 17.2 Å². The van der Waals surface area contributed by atoms with Crippen molar-refractivity contribution >= 4 is 17.4 Å². The number of nitrogens with one attached hydrogen (secondary N) is 2. The largest absolute Gasteiger partial charge is 0.495 e. The summed E-state index contributed by atoms with van der Waals surface area (Å²) in [5.41, 5.74) is 6.30. The van der Waals surface area contributed by atoms with E-state index in [2.05, 4.69) is 16.7 Å². The Balaban J connectivity index is 1.55. The highest BCUT2D eigenvalue weighted by Gasteiger charge is 2.41. The number of benzene rings is 3. The molecule has 0 saturated heterocycles. The van der Waals surface area contributed by atoms with Gasteiger partial charge in [-0.1, -0.05) is 48.0 Å². The molecule has 2 aliphatic rings. The summed E-state index contributed by atoms with van der Waals surface area (Å²) in [7, 11) is 4.78. The molecule has 5 rings (SSSR count). The Morgan fingerprint density at radius 3 is 2.30 bits per heavy atom. The second-order valence-corrected chi connectivity index (χ2v) is 10.2. The lowest BCUT2D eigenvalue weighted by atomic mass is 9.71. The molecule has 0 unspecified atom stereocenters. The number of dihydropyridines is 1. The zero-order valence-electron chi connectivity index (χ0n) is 23.5.